The van der Waals surface area contributed by atoms with Gasteiger partial charge in [-0.25, -0.2) is 4.98 Å². The molecule has 0 radical (unpaired) electrons. The number of nitrogens with zero attached hydrogens (tertiary/aromatic N) is 2. The first-order valence-corrected chi connectivity index (χ1v) is 6.60. The fourth-order valence-corrected chi connectivity index (χ4v) is 2.54. The summed E-state index contributed by atoms with van der Waals surface area (Å²) in [6.45, 7) is 0. The van der Waals surface area contributed by atoms with E-state index in [2.05, 4.69) is 4.98 Å². The van der Waals surface area contributed by atoms with Crippen LogP contribution in [0.25, 0.3) is 0 Å². The lowest BCUT2D eigenvalue weighted by Gasteiger charge is -2.05. The second kappa shape index (κ2) is 4.49. The molecule has 5 heteroatoms. The van der Waals surface area contributed by atoms with Crippen LogP contribution in [0.2, 0.25) is 0 Å². The number of rotatable bonds is 3. The predicted octanol–water partition coefficient (Wildman–Crippen LogP) is 2.43. The maximum absolute atomic E-state index is 12.2. The first kappa shape index (κ1) is 11.3. The fourth-order valence-electron chi connectivity index (χ4n) is 1.74. The quantitative estimate of drug-likeness (QED) is 0.921. The van der Waals surface area contributed by atoms with Crippen LogP contribution >= 0.6 is 11.8 Å². The molecule has 1 N–H and O–H groups in total. The summed E-state index contributed by atoms with van der Waals surface area (Å²) in [4.78, 5) is 17.2. The Hall–Kier alpha value is -1.75. The molecule has 0 bridgehead atoms. The molecule has 4 nitrogen and oxygen atoms in total. The van der Waals surface area contributed by atoms with E-state index in [0.717, 1.165) is 17.7 Å². The average molecular weight is 260 g/mol. The topological polar surface area (TPSA) is 55.1 Å². The molecule has 1 saturated carbocycles. The van der Waals surface area contributed by atoms with Gasteiger partial charge in [-0.3, -0.25) is 4.79 Å². The third-order valence-corrected chi connectivity index (χ3v) is 3.81. The Morgan fingerprint density at radius 2 is 2.00 bits per heavy atom. The molecule has 18 heavy (non-hydrogen) atoms. The van der Waals surface area contributed by atoms with Crippen LogP contribution in [-0.4, -0.2) is 14.7 Å². The summed E-state index contributed by atoms with van der Waals surface area (Å²) in [6, 6.07) is 7.11. The standard InChI is InChI=1S/C13H12N2O2S/c16-10-3-5-11(6-4-10)18-12-13(17)15(8-7-14-12)9-1-2-9/h3-9,16H,1-2H2. The van der Waals surface area contributed by atoms with E-state index in [0.29, 0.717) is 11.1 Å². The minimum atomic E-state index is -0.0296. The molecule has 0 aliphatic heterocycles. The summed E-state index contributed by atoms with van der Waals surface area (Å²) in [6.07, 6.45) is 5.57. The average Bonchev–Trinajstić information content (AvgIpc) is 3.19. The van der Waals surface area contributed by atoms with Crippen molar-refractivity contribution in [1.29, 1.82) is 0 Å². The van der Waals surface area contributed by atoms with Crippen LogP contribution < -0.4 is 5.56 Å². The van der Waals surface area contributed by atoms with Crippen LogP contribution in [0.15, 0.2) is 51.4 Å². The summed E-state index contributed by atoms with van der Waals surface area (Å²) in [5.74, 6) is 0.218. The Morgan fingerprint density at radius 3 is 2.67 bits per heavy atom. The van der Waals surface area contributed by atoms with Crippen molar-refractivity contribution in [2.45, 2.75) is 28.8 Å². The van der Waals surface area contributed by atoms with Crippen LogP contribution in [0.5, 0.6) is 5.75 Å². The highest BCUT2D eigenvalue weighted by molar-refractivity contribution is 7.99. The minimum absolute atomic E-state index is 0.0296. The number of aromatic nitrogens is 2. The summed E-state index contributed by atoms with van der Waals surface area (Å²) in [5, 5.41) is 9.69. The normalized spacial score (nSPS) is 14.7. The van der Waals surface area contributed by atoms with Gasteiger partial charge >= 0.3 is 0 Å². The first-order valence-electron chi connectivity index (χ1n) is 5.78. The van der Waals surface area contributed by atoms with Crippen molar-refractivity contribution in [3.05, 3.63) is 47.0 Å². The summed E-state index contributed by atoms with van der Waals surface area (Å²) in [5.41, 5.74) is -0.0296. The van der Waals surface area contributed by atoms with E-state index in [4.69, 9.17) is 0 Å². The Labute approximate surface area is 108 Å². The number of hydrogen-bond acceptors (Lipinski definition) is 4. The molecule has 0 atom stereocenters. The largest absolute Gasteiger partial charge is 0.508 e. The monoisotopic (exact) mass is 260 g/mol. The number of phenols is 1. The number of hydrogen-bond donors (Lipinski definition) is 1. The van der Waals surface area contributed by atoms with Crippen molar-refractivity contribution < 1.29 is 5.11 Å². The van der Waals surface area contributed by atoms with Crippen LogP contribution in [-0.2, 0) is 0 Å². The van der Waals surface area contributed by atoms with Crippen LogP contribution in [0.4, 0.5) is 0 Å². The fraction of sp³-hybridized carbons (Fsp3) is 0.231. The lowest BCUT2D eigenvalue weighted by Crippen LogP contribution is -2.20. The van der Waals surface area contributed by atoms with Gasteiger partial charge in [0.2, 0.25) is 0 Å². The molecule has 1 aromatic carbocycles. The third kappa shape index (κ3) is 2.26. The molecule has 1 aromatic heterocycles. The molecule has 3 rings (SSSR count). The highest BCUT2D eigenvalue weighted by Crippen LogP contribution is 2.34. The molecule has 0 amide bonds. The summed E-state index contributed by atoms with van der Waals surface area (Å²) < 4.78 is 1.76. The van der Waals surface area contributed by atoms with Crippen molar-refractivity contribution in [2.24, 2.45) is 0 Å². The van der Waals surface area contributed by atoms with E-state index in [-0.39, 0.29) is 11.3 Å². The SMILES string of the molecule is O=c1c(Sc2ccc(O)cc2)nccn1C1CC1. The number of phenolic OH excluding ortho intramolecular Hbond substituents is 1. The minimum Gasteiger partial charge on any atom is -0.508 e. The van der Waals surface area contributed by atoms with Crippen molar-refractivity contribution in [3.63, 3.8) is 0 Å². The van der Waals surface area contributed by atoms with E-state index in [9.17, 15) is 9.90 Å². The van der Waals surface area contributed by atoms with Crippen LogP contribution in [0.1, 0.15) is 18.9 Å². The van der Waals surface area contributed by atoms with E-state index >= 15 is 0 Å². The van der Waals surface area contributed by atoms with Gasteiger partial charge in [0, 0.05) is 23.3 Å². The molecule has 0 saturated heterocycles. The smallest absolute Gasteiger partial charge is 0.283 e. The third-order valence-electron chi connectivity index (χ3n) is 2.83. The molecule has 1 heterocycles. The first-order chi connectivity index (χ1) is 8.74. The molecule has 1 fully saturated rings. The second-order valence-electron chi connectivity index (χ2n) is 4.27. The van der Waals surface area contributed by atoms with Crippen molar-refractivity contribution in [3.8, 4) is 5.75 Å². The van der Waals surface area contributed by atoms with Crippen molar-refractivity contribution in [2.75, 3.05) is 0 Å². The maximum Gasteiger partial charge on any atom is 0.283 e. The zero-order valence-electron chi connectivity index (χ0n) is 9.61. The maximum atomic E-state index is 12.2. The Morgan fingerprint density at radius 1 is 1.28 bits per heavy atom. The van der Waals surface area contributed by atoms with E-state index in [1.807, 2.05) is 0 Å². The highest BCUT2D eigenvalue weighted by atomic mass is 32.2. The van der Waals surface area contributed by atoms with E-state index in [1.54, 1.807) is 41.2 Å². The number of aromatic hydroxyl groups is 1. The van der Waals surface area contributed by atoms with Gasteiger partial charge in [-0.05, 0) is 37.1 Å². The molecule has 0 spiro atoms. The van der Waals surface area contributed by atoms with Gasteiger partial charge in [0.25, 0.3) is 5.56 Å². The van der Waals surface area contributed by atoms with Gasteiger partial charge in [-0.2, -0.15) is 0 Å². The van der Waals surface area contributed by atoms with Gasteiger partial charge in [-0.1, -0.05) is 11.8 Å². The molecular formula is C13H12N2O2S. The predicted molar refractivity (Wildman–Crippen MR) is 69.0 cm³/mol. The second-order valence-corrected chi connectivity index (χ2v) is 5.33. The zero-order chi connectivity index (χ0) is 12.5. The zero-order valence-corrected chi connectivity index (χ0v) is 10.4. The van der Waals surface area contributed by atoms with Gasteiger partial charge < -0.3 is 9.67 Å². The summed E-state index contributed by atoms with van der Waals surface area (Å²) in [7, 11) is 0. The Balaban J connectivity index is 1.90. The van der Waals surface area contributed by atoms with Crippen molar-refractivity contribution >= 4 is 11.8 Å². The lowest BCUT2D eigenvalue weighted by molar-refractivity contribution is 0.475. The van der Waals surface area contributed by atoms with Crippen molar-refractivity contribution in [1.82, 2.24) is 9.55 Å². The Kier molecular flexibility index (Phi) is 2.83. The molecule has 0 unspecified atom stereocenters. The molecule has 1 aliphatic carbocycles. The van der Waals surface area contributed by atoms with Gasteiger partial charge in [0.1, 0.15) is 5.75 Å². The van der Waals surface area contributed by atoms with Crippen LogP contribution in [0.3, 0.4) is 0 Å². The summed E-state index contributed by atoms with van der Waals surface area (Å²) >= 11 is 1.33. The highest BCUT2D eigenvalue weighted by Gasteiger charge is 2.25. The van der Waals surface area contributed by atoms with E-state index in [1.165, 1.54) is 11.8 Å². The molecule has 1 aliphatic rings. The van der Waals surface area contributed by atoms with Gasteiger partial charge in [0.05, 0.1) is 0 Å². The van der Waals surface area contributed by atoms with Gasteiger partial charge in [0.15, 0.2) is 5.03 Å². The molecule has 92 valence electrons. The van der Waals surface area contributed by atoms with Gasteiger partial charge in [-0.15, -0.1) is 0 Å². The molecular weight excluding hydrogens is 248 g/mol. The molecule has 2 aromatic rings. The van der Waals surface area contributed by atoms with E-state index < -0.39 is 0 Å². The Bertz CT molecular complexity index is 618. The lowest BCUT2D eigenvalue weighted by atomic mass is 10.3. The van der Waals surface area contributed by atoms with Crippen LogP contribution in [0, 0.1) is 0 Å². The number of benzene rings is 1.